The minimum absolute atomic E-state index is 0.123. The number of hydrogen-bond donors (Lipinski definition) is 1. The first-order valence-corrected chi connectivity index (χ1v) is 7.43. The molecule has 1 fully saturated rings. The van der Waals surface area contributed by atoms with Crippen LogP contribution >= 0.6 is 0 Å². The van der Waals surface area contributed by atoms with Crippen molar-refractivity contribution in [2.45, 2.75) is 77.0 Å². The smallest absolute Gasteiger partial charge is 0.329 e. The molecule has 1 rings (SSSR count). The highest BCUT2D eigenvalue weighted by Crippen LogP contribution is 2.22. The van der Waals surface area contributed by atoms with Crippen LogP contribution in [-0.4, -0.2) is 46.7 Å². The summed E-state index contributed by atoms with van der Waals surface area (Å²) < 4.78 is 5.84. The Labute approximate surface area is 121 Å². The zero-order valence-electron chi connectivity index (χ0n) is 13.0. The number of hydrogen-bond acceptors (Lipinski definition) is 3. The molecule has 1 atom stereocenters. The molecular formula is C15H27NO4. The Morgan fingerprint density at radius 1 is 1.20 bits per heavy atom. The van der Waals surface area contributed by atoms with E-state index in [-0.39, 0.29) is 12.0 Å². The van der Waals surface area contributed by atoms with Crippen LogP contribution in [0.25, 0.3) is 0 Å². The first-order chi connectivity index (χ1) is 9.26. The minimum Gasteiger partial charge on any atom is -0.480 e. The quantitative estimate of drug-likeness (QED) is 0.788. The van der Waals surface area contributed by atoms with Crippen LogP contribution in [0.3, 0.4) is 0 Å². The van der Waals surface area contributed by atoms with Gasteiger partial charge in [0.1, 0.15) is 11.6 Å². The average Bonchev–Trinajstić information content (AvgIpc) is 2.65. The predicted octanol–water partition coefficient (Wildman–Crippen LogP) is 2.44. The summed E-state index contributed by atoms with van der Waals surface area (Å²) in [6.45, 7) is 4.75. The zero-order valence-corrected chi connectivity index (χ0v) is 13.0. The maximum absolute atomic E-state index is 12.3. The van der Waals surface area contributed by atoms with Crippen molar-refractivity contribution in [1.29, 1.82) is 0 Å². The molecule has 1 amide bonds. The van der Waals surface area contributed by atoms with Gasteiger partial charge in [-0.15, -0.1) is 0 Å². The van der Waals surface area contributed by atoms with Gasteiger partial charge in [0.15, 0.2) is 0 Å². The normalized spacial score (nSPS) is 19.2. The van der Waals surface area contributed by atoms with Crippen LogP contribution in [0.4, 0.5) is 0 Å². The van der Waals surface area contributed by atoms with Crippen molar-refractivity contribution < 1.29 is 19.4 Å². The summed E-state index contributed by atoms with van der Waals surface area (Å²) in [6.07, 6.45) is 6.25. The third-order valence-electron chi connectivity index (χ3n) is 4.24. The molecule has 0 aromatic carbocycles. The summed E-state index contributed by atoms with van der Waals surface area (Å²) in [5.41, 5.74) is -1.22. The first-order valence-electron chi connectivity index (χ1n) is 7.43. The van der Waals surface area contributed by atoms with Crippen molar-refractivity contribution >= 4 is 11.9 Å². The number of carbonyl (C=O) groups excluding carboxylic acids is 1. The van der Waals surface area contributed by atoms with Gasteiger partial charge < -0.3 is 14.7 Å². The Bertz CT molecular complexity index is 346. The Morgan fingerprint density at radius 2 is 1.70 bits per heavy atom. The largest absolute Gasteiger partial charge is 0.480 e. The lowest BCUT2D eigenvalue weighted by molar-refractivity contribution is -0.162. The molecule has 5 heteroatoms. The second kappa shape index (κ2) is 7.07. The number of amides is 1. The summed E-state index contributed by atoms with van der Waals surface area (Å²) >= 11 is 0. The van der Waals surface area contributed by atoms with E-state index in [0.717, 1.165) is 25.7 Å². The van der Waals surface area contributed by atoms with E-state index in [2.05, 4.69) is 0 Å². The molecule has 5 nitrogen and oxygen atoms in total. The van der Waals surface area contributed by atoms with E-state index in [9.17, 15) is 9.59 Å². The van der Waals surface area contributed by atoms with Crippen molar-refractivity contribution in [3.05, 3.63) is 0 Å². The number of ether oxygens (including phenoxy) is 1. The molecule has 0 heterocycles. The van der Waals surface area contributed by atoms with E-state index in [1.54, 1.807) is 6.92 Å². The van der Waals surface area contributed by atoms with E-state index in [4.69, 9.17) is 9.84 Å². The molecule has 0 aromatic heterocycles. The maximum atomic E-state index is 12.3. The summed E-state index contributed by atoms with van der Waals surface area (Å²) in [4.78, 5) is 24.7. The van der Waals surface area contributed by atoms with Gasteiger partial charge in [0, 0.05) is 7.05 Å². The lowest BCUT2D eigenvalue weighted by Gasteiger charge is -2.34. The SMILES string of the molecule is CC(OC1CCCCCC1)C(=O)N(C)C(C)(C)C(=O)O. The van der Waals surface area contributed by atoms with E-state index in [0.29, 0.717) is 0 Å². The van der Waals surface area contributed by atoms with Crippen LogP contribution in [-0.2, 0) is 14.3 Å². The van der Waals surface area contributed by atoms with Gasteiger partial charge in [-0.25, -0.2) is 4.79 Å². The Hall–Kier alpha value is -1.10. The Kier molecular flexibility index (Phi) is 5.99. The van der Waals surface area contributed by atoms with Gasteiger partial charge in [-0.3, -0.25) is 4.79 Å². The molecule has 0 saturated heterocycles. The number of aliphatic carboxylic acids is 1. The van der Waals surface area contributed by atoms with Gasteiger partial charge in [0.25, 0.3) is 5.91 Å². The number of carbonyl (C=O) groups is 2. The van der Waals surface area contributed by atoms with Crippen LogP contribution < -0.4 is 0 Å². The molecule has 1 saturated carbocycles. The predicted molar refractivity (Wildman–Crippen MR) is 76.5 cm³/mol. The Balaban J connectivity index is 2.59. The van der Waals surface area contributed by atoms with Gasteiger partial charge in [0.05, 0.1) is 6.10 Å². The van der Waals surface area contributed by atoms with Crippen LogP contribution in [0.1, 0.15) is 59.3 Å². The van der Waals surface area contributed by atoms with Crippen molar-refractivity contribution in [2.24, 2.45) is 0 Å². The first kappa shape index (κ1) is 17.0. The van der Waals surface area contributed by atoms with Gasteiger partial charge in [0.2, 0.25) is 0 Å². The highest BCUT2D eigenvalue weighted by molar-refractivity contribution is 5.88. The van der Waals surface area contributed by atoms with Crippen molar-refractivity contribution in [3.63, 3.8) is 0 Å². The topological polar surface area (TPSA) is 66.8 Å². The lowest BCUT2D eigenvalue weighted by atomic mass is 10.0. The van der Waals surface area contributed by atoms with Crippen molar-refractivity contribution in [2.75, 3.05) is 7.05 Å². The van der Waals surface area contributed by atoms with E-state index < -0.39 is 17.6 Å². The molecular weight excluding hydrogens is 258 g/mol. The minimum atomic E-state index is -1.22. The molecule has 0 aromatic rings. The molecule has 116 valence electrons. The second-order valence-corrected chi connectivity index (χ2v) is 6.15. The number of nitrogens with zero attached hydrogens (tertiary/aromatic N) is 1. The molecule has 20 heavy (non-hydrogen) atoms. The van der Waals surface area contributed by atoms with E-state index in [1.807, 2.05) is 0 Å². The summed E-state index contributed by atoms with van der Waals surface area (Å²) in [5.74, 6) is -1.29. The summed E-state index contributed by atoms with van der Waals surface area (Å²) in [5, 5.41) is 9.17. The van der Waals surface area contributed by atoms with Gasteiger partial charge in [-0.05, 0) is 33.6 Å². The second-order valence-electron chi connectivity index (χ2n) is 6.15. The highest BCUT2D eigenvalue weighted by atomic mass is 16.5. The molecule has 0 bridgehead atoms. The molecule has 1 aliphatic rings. The van der Waals surface area contributed by atoms with Crippen molar-refractivity contribution in [1.82, 2.24) is 4.90 Å². The fourth-order valence-electron chi connectivity index (χ4n) is 2.42. The van der Waals surface area contributed by atoms with E-state index in [1.165, 1.54) is 38.6 Å². The standard InChI is InChI=1S/C15H27NO4/c1-11(20-12-9-7-5-6-8-10-12)13(17)16(4)15(2,3)14(18)19/h11-12H,5-10H2,1-4H3,(H,18,19). The molecule has 1 aliphatic carbocycles. The number of carboxylic acids is 1. The van der Waals surface area contributed by atoms with Crippen LogP contribution in [0.2, 0.25) is 0 Å². The van der Waals surface area contributed by atoms with Gasteiger partial charge >= 0.3 is 5.97 Å². The lowest BCUT2D eigenvalue weighted by Crippen LogP contribution is -2.54. The van der Waals surface area contributed by atoms with Crippen LogP contribution in [0, 0.1) is 0 Å². The van der Waals surface area contributed by atoms with Crippen LogP contribution in [0.15, 0.2) is 0 Å². The Morgan fingerprint density at radius 3 is 2.15 bits per heavy atom. The monoisotopic (exact) mass is 285 g/mol. The molecule has 0 spiro atoms. The maximum Gasteiger partial charge on any atom is 0.329 e. The molecule has 0 aliphatic heterocycles. The number of likely N-dealkylation sites (N-methyl/N-ethyl adjacent to an activating group) is 1. The zero-order chi connectivity index (χ0) is 15.3. The fraction of sp³-hybridized carbons (Fsp3) is 0.867. The van der Waals surface area contributed by atoms with Gasteiger partial charge in [-0.1, -0.05) is 25.7 Å². The average molecular weight is 285 g/mol. The molecule has 1 N–H and O–H groups in total. The van der Waals surface area contributed by atoms with Crippen LogP contribution in [0.5, 0.6) is 0 Å². The number of rotatable bonds is 5. The van der Waals surface area contributed by atoms with Crippen molar-refractivity contribution in [3.8, 4) is 0 Å². The van der Waals surface area contributed by atoms with E-state index >= 15 is 0 Å². The summed E-state index contributed by atoms with van der Waals surface area (Å²) in [7, 11) is 1.52. The fourth-order valence-corrected chi connectivity index (χ4v) is 2.42. The third kappa shape index (κ3) is 4.20. The molecule has 1 unspecified atom stereocenters. The summed E-state index contributed by atoms with van der Waals surface area (Å²) in [6, 6.07) is 0. The van der Waals surface area contributed by atoms with Gasteiger partial charge in [-0.2, -0.15) is 0 Å². The molecule has 0 radical (unpaired) electrons. The third-order valence-corrected chi connectivity index (χ3v) is 4.24. The number of carboxylic acid groups (broad SMARTS) is 1. The highest BCUT2D eigenvalue weighted by Gasteiger charge is 2.37.